The van der Waals surface area contributed by atoms with Crippen molar-refractivity contribution in [1.29, 1.82) is 0 Å². The molecule has 0 saturated heterocycles. The second-order valence-corrected chi connectivity index (χ2v) is 9.78. The molecule has 0 aliphatic heterocycles. The van der Waals surface area contributed by atoms with Gasteiger partial charge in [-0.25, -0.2) is 0 Å². The van der Waals surface area contributed by atoms with Crippen LogP contribution in [0.2, 0.25) is 0 Å². The summed E-state index contributed by atoms with van der Waals surface area (Å²) in [5.74, 6) is 0.227. The van der Waals surface area contributed by atoms with E-state index in [2.05, 4.69) is 41.7 Å². The first-order chi connectivity index (χ1) is 13.5. The molecule has 30 heavy (non-hydrogen) atoms. The molecule has 0 radical (unpaired) electrons. The van der Waals surface area contributed by atoms with Gasteiger partial charge in [0.05, 0.1) is 20.1 Å². The molecule has 0 unspecified atom stereocenters. The molecule has 0 aromatic heterocycles. The second-order valence-electron chi connectivity index (χ2n) is 9.78. The zero-order valence-corrected chi connectivity index (χ0v) is 21.1. The molecular weight excluding hydrogens is 398 g/mol. The molecule has 4 nitrogen and oxygen atoms in total. The molecule has 1 aromatic rings. The highest BCUT2D eigenvalue weighted by atomic mass is 35.5. The number of aromatic hydroxyl groups is 1. The fraction of sp³-hybridized carbons (Fsp3) is 0.720. The maximum absolute atomic E-state index is 12.3. The summed E-state index contributed by atoms with van der Waals surface area (Å²) in [6, 6.07) is 4.00. The summed E-state index contributed by atoms with van der Waals surface area (Å²) >= 11 is 0. The van der Waals surface area contributed by atoms with Gasteiger partial charge < -0.3 is 26.7 Å². The fourth-order valence-electron chi connectivity index (χ4n) is 3.68. The van der Waals surface area contributed by atoms with E-state index in [1.165, 1.54) is 25.7 Å². The Morgan fingerprint density at radius 3 is 2.13 bits per heavy atom. The van der Waals surface area contributed by atoms with Crippen LogP contribution in [-0.4, -0.2) is 48.8 Å². The largest absolute Gasteiger partial charge is 1.00 e. The average molecular weight is 442 g/mol. The van der Waals surface area contributed by atoms with E-state index in [-0.39, 0.29) is 23.8 Å². The summed E-state index contributed by atoms with van der Waals surface area (Å²) in [5.41, 5.74) is 2.74. The quantitative estimate of drug-likeness (QED) is 0.400. The van der Waals surface area contributed by atoms with Crippen LogP contribution in [0.15, 0.2) is 12.1 Å². The summed E-state index contributed by atoms with van der Waals surface area (Å²) < 4.78 is 6.55. The Hall–Kier alpha value is -1.26. The number of nitrogens with zero attached hydrogens (tertiary/aromatic N) is 1. The first-order valence-corrected chi connectivity index (χ1v) is 11.3. The number of phenols is 1. The standard InChI is InChI=1S/C25H43NO3.ClH/c1-8-10-14-26(7,15-11-9-2)16-17-29-23(27)13-12-21-18-20(3)24(28)22(19-21)25(4,5)6;/h18-19H,8-17H2,1-7H3;1H. The lowest BCUT2D eigenvalue weighted by Crippen LogP contribution is -3.00. The predicted molar refractivity (Wildman–Crippen MR) is 121 cm³/mol. The molecule has 0 aliphatic rings. The molecule has 0 heterocycles. The number of quaternary nitrogens is 1. The predicted octanol–water partition coefficient (Wildman–Crippen LogP) is 2.52. The number of phenolic OH excluding ortho intramolecular Hbond substituents is 1. The zero-order chi connectivity index (χ0) is 22.1. The lowest BCUT2D eigenvalue weighted by atomic mass is 9.83. The molecule has 1 N–H and O–H groups in total. The molecule has 5 heteroatoms. The van der Waals surface area contributed by atoms with E-state index in [4.69, 9.17) is 4.74 Å². The maximum atomic E-state index is 12.3. The number of hydrogen-bond acceptors (Lipinski definition) is 3. The number of unbranched alkanes of at least 4 members (excludes halogenated alkanes) is 2. The van der Waals surface area contributed by atoms with Gasteiger partial charge in [-0.05, 0) is 48.3 Å². The van der Waals surface area contributed by atoms with Crippen LogP contribution in [0, 0.1) is 6.92 Å². The Balaban J connectivity index is 0.00000841. The van der Waals surface area contributed by atoms with Crippen LogP contribution in [-0.2, 0) is 21.4 Å². The third kappa shape index (κ3) is 9.70. The minimum Gasteiger partial charge on any atom is -1.00 e. The van der Waals surface area contributed by atoms with Crippen molar-refractivity contribution >= 4 is 5.97 Å². The Morgan fingerprint density at radius 2 is 1.63 bits per heavy atom. The number of esters is 1. The number of carbonyl (C=O) groups excluding carboxylic acids is 1. The van der Waals surface area contributed by atoms with Gasteiger partial charge in [0.2, 0.25) is 0 Å². The lowest BCUT2D eigenvalue weighted by molar-refractivity contribution is -0.910. The highest BCUT2D eigenvalue weighted by molar-refractivity contribution is 5.69. The van der Waals surface area contributed by atoms with E-state index in [9.17, 15) is 9.90 Å². The lowest BCUT2D eigenvalue weighted by Gasteiger charge is -2.34. The minimum absolute atomic E-state index is 0. The second kappa shape index (κ2) is 13.2. The zero-order valence-electron chi connectivity index (χ0n) is 20.3. The monoisotopic (exact) mass is 441 g/mol. The third-order valence-electron chi connectivity index (χ3n) is 5.78. The molecule has 1 aromatic carbocycles. The van der Waals surface area contributed by atoms with Crippen molar-refractivity contribution in [2.45, 2.75) is 85.5 Å². The van der Waals surface area contributed by atoms with Crippen LogP contribution >= 0.6 is 0 Å². The van der Waals surface area contributed by atoms with Crippen LogP contribution in [0.4, 0.5) is 0 Å². The van der Waals surface area contributed by atoms with Gasteiger partial charge >= 0.3 is 5.97 Å². The van der Waals surface area contributed by atoms with Crippen molar-refractivity contribution in [3.05, 3.63) is 28.8 Å². The molecule has 0 fully saturated rings. The number of hydrogen-bond donors (Lipinski definition) is 1. The molecule has 0 amide bonds. The summed E-state index contributed by atoms with van der Waals surface area (Å²) in [5, 5.41) is 10.4. The van der Waals surface area contributed by atoms with Crippen molar-refractivity contribution in [2.24, 2.45) is 0 Å². The maximum Gasteiger partial charge on any atom is 0.306 e. The number of benzene rings is 1. The molecule has 0 aliphatic carbocycles. The number of halogens is 1. The van der Waals surface area contributed by atoms with Gasteiger partial charge in [0.15, 0.2) is 0 Å². The van der Waals surface area contributed by atoms with E-state index in [1.807, 2.05) is 19.1 Å². The normalized spacial score (nSPS) is 11.8. The number of carbonyl (C=O) groups is 1. The van der Waals surface area contributed by atoms with E-state index < -0.39 is 0 Å². The molecular formula is C25H44ClNO3. The van der Waals surface area contributed by atoms with Crippen LogP contribution < -0.4 is 12.4 Å². The molecule has 174 valence electrons. The summed E-state index contributed by atoms with van der Waals surface area (Å²) in [6.45, 7) is 16.3. The van der Waals surface area contributed by atoms with Crippen LogP contribution in [0.5, 0.6) is 5.75 Å². The van der Waals surface area contributed by atoms with Gasteiger partial charge in [0.25, 0.3) is 0 Å². The van der Waals surface area contributed by atoms with Gasteiger partial charge in [0.1, 0.15) is 18.9 Å². The smallest absolute Gasteiger partial charge is 0.306 e. The Labute approximate surface area is 191 Å². The van der Waals surface area contributed by atoms with Gasteiger partial charge in [-0.1, -0.05) is 59.6 Å². The topological polar surface area (TPSA) is 46.5 Å². The number of rotatable bonds is 12. The van der Waals surface area contributed by atoms with Gasteiger partial charge in [-0.15, -0.1) is 0 Å². The summed E-state index contributed by atoms with van der Waals surface area (Å²) in [7, 11) is 2.28. The fourth-order valence-corrected chi connectivity index (χ4v) is 3.68. The van der Waals surface area contributed by atoms with E-state index in [1.54, 1.807) is 0 Å². The molecule has 0 atom stereocenters. The number of ether oxygens (including phenoxy) is 1. The number of likely N-dealkylation sites (N-methyl/N-ethyl adjacent to an activating group) is 1. The Kier molecular flexibility index (Phi) is 12.7. The van der Waals surface area contributed by atoms with E-state index >= 15 is 0 Å². The van der Waals surface area contributed by atoms with Crippen molar-refractivity contribution < 1.29 is 31.5 Å². The van der Waals surface area contributed by atoms with Crippen LogP contribution in [0.1, 0.15) is 83.4 Å². The highest BCUT2D eigenvalue weighted by Gasteiger charge is 2.22. The molecule has 0 spiro atoms. The van der Waals surface area contributed by atoms with Crippen molar-refractivity contribution in [3.8, 4) is 5.75 Å². The summed E-state index contributed by atoms with van der Waals surface area (Å²) in [4.78, 5) is 12.3. The van der Waals surface area contributed by atoms with Crippen molar-refractivity contribution in [3.63, 3.8) is 0 Å². The first kappa shape index (κ1) is 28.7. The van der Waals surface area contributed by atoms with Gasteiger partial charge in [-0.3, -0.25) is 4.79 Å². The van der Waals surface area contributed by atoms with Crippen LogP contribution in [0.25, 0.3) is 0 Å². The third-order valence-corrected chi connectivity index (χ3v) is 5.78. The first-order valence-electron chi connectivity index (χ1n) is 11.3. The Bertz CT molecular complexity index is 645. The molecule has 0 bridgehead atoms. The van der Waals surface area contributed by atoms with E-state index in [0.29, 0.717) is 25.2 Å². The summed E-state index contributed by atoms with van der Waals surface area (Å²) in [6.07, 6.45) is 5.84. The molecule has 0 saturated carbocycles. The van der Waals surface area contributed by atoms with Crippen LogP contribution in [0.3, 0.4) is 0 Å². The average Bonchev–Trinajstić information content (AvgIpc) is 2.64. The Morgan fingerprint density at radius 1 is 1.07 bits per heavy atom. The van der Waals surface area contributed by atoms with Crippen molar-refractivity contribution in [2.75, 3.05) is 33.3 Å². The number of aryl methyl sites for hydroxylation is 2. The highest BCUT2D eigenvalue weighted by Crippen LogP contribution is 2.34. The van der Waals surface area contributed by atoms with E-state index in [0.717, 1.165) is 40.8 Å². The van der Waals surface area contributed by atoms with Crippen molar-refractivity contribution in [1.82, 2.24) is 0 Å². The minimum atomic E-state index is -0.134. The van der Waals surface area contributed by atoms with Gasteiger partial charge in [-0.2, -0.15) is 0 Å². The molecule has 1 rings (SSSR count). The van der Waals surface area contributed by atoms with Gasteiger partial charge in [0, 0.05) is 6.42 Å². The SMILES string of the molecule is CCCC[N+](C)(CCCC)CCOC(=O)CCc1cc(C)c(O)c(C(C)(C)C)c1.[Cl-].